The summed E-state index contributed by atoms with van der Waals surface area (Å²) >= 11 is 6.88. The van der Waals surface area contributed by atoms with Crippen LogP contribution in [0.1, 0.15) is 58.7 Å². The zero-order valence-corrected chi connectivity index (χ0v) is 17.8. The molecule has 8 heteroatoms. The number of piperidine rings is 1. The second-order valence-corrected chi connectivity index (χ2v) is 8.33. The van der Waals surface area contributed by atoms with Gasteiger partial charge in [-0.15, -0.1) is 11.3 Å². The number of amides is 1. The molecule has 0 aromatic carbocycles. The van der Waals surface area contributed by atoms with Crippen molar-refractivity contribution in [3.63, 3.8) is 0 Å². The SMILES string of the molecule is COC(=O)c1c(NC(=S)N2[C@H](C)CCC[C@@H]2C)sc(C(=O)N(C)C)c1C. The minimum Gasteiger partial charge on any atom is -0.465 e. The van der Waals surface area contributed by atoms with Gasteiger partial charge < -0.3 is 19.9 Å². The van der Waals surface area contributed by atoms with Crippen LogP contribution in [0, 0.1) is 6.92 Å². The molecule has 0 radical (unpaired) electrons. The topological polar surface area (TPSA) is 61.9 Å². The summed E-state index contributed by atoms with van der Waals surface area (Å²) in [7, 11) is 4.71. The maximum Gasteiger partial charge on any atom is 0.341 e. The van der Waals surface area contributed by atoms with Gasteiger partial charge in [0, 0.05) is 26.2 Å². The second-order valence-electron chi connectivity index (χ2n) is 6.92. The predicted molar refractivity (Wildman–Crippen MR) is 109 cm³/mol. The van der Waals surface area contributed by atoms with Crippen molar-refractivity contribution in [3.05, 3.63) is 16.0 Å². The van der Waals surface area contributed by atoms with Gasteiger partial charge in [-0.2, -0.15) is 0 Å². The summed E-state index contributed by atoms with van der Waals surface area (Å²) in [5, 5.41) is 4.36. The third-order valence-electron chi connectivity index (χ3n) is 4.79. The molecule has 0 bridgehead atoms. The summed E-state index contributed by atoms with van der Waals surface area (Å²) in [4.78, 5) is 29.0. The number of carbonyl (C=O) groups is 2. The Labute approximate surface area is 164 Å². The fraction of sp³-hybridized carbons (Fsp3) is 0.611. The smallest absolute Gasteiger partial charge is 0.341 e. The Balaban J connectivity index is 2.38. The van der Waals surface area contributed by atoms with Gasteiger partial charge in [-0.05, 0) is 57.8 Å². The number of likely N-dealkylation sites (tertiary alicyclic amines) is 1. The average molecular weight is 398 g/mol. The number of rotatable bonds is 3. The molecule has 1 N–H and O–H groups in total. The zero-order chi connectivity index (χ0) is 19.6. The van der Waals surface area contributed by atoms with Crippen molar-refractivity contribution in [2.24, 2.45) is 0 Å². The van der Waals surface area contributed by atoms with Crippen molar-refractivity contribution in [2.45, 2.75) is 52.1 Å². The van der Waals surface area contributed by atoms with Crippen LogP contribution in [0.15, 0.2) is 0 Å². The molecule has 0 aliphatic carbocycles. The fourth-order valence-corrected chi connectivity index (χ4v) is 5.08. The van der Waals surface area contributed by atoms with Gasteiger partial charge in [-0.1, -0.05) is 0 Å². The van der Waals surface area contributed by atoms with Crippen molar-refractivity contribution >= 4 is 45.5 Å². The van der Waals surface area contributed by atoms with Gasteiger partial charge >= 0.3 is 5.97 Å². The Morgan fingerprint density at radius 3 is 2.35 bits per heavy atom. The molecule has 1 saturated heterocycles. The van der Waals surface area contributed by atoms with Gasteiger partial charge in [0.2, 0.25) is 0 Å². The van der Waals surface area contributed by atoms with Crippen LogP contribution < -0.4 is 5.32 Å². The van der Waals surface area contributed by atoms with Gasteiger partial charge in [0.05, 0.1) is 17.6 Å². The van der Waals surface area contributed by atoms with E-state index in [1.54, 1.807) is 21.0 Å². The maximum absolute atomic E-state index is 12.4. The van der Waals surface area contributed by atoms with Crippen LogP contribution in [0.4, 0.5) is 5.00 Å². The molecular weight excluding hydrogens is 370 g/mol. The highest BCUT2D eigenvalue weighted by atomic mass is 32.1. The van der Waals surface area contributed by atoms with Gasteiger partial charge in [0.1, 0.15) is 5.00 Å². The van der Waals surface area contributed by atoms with Crippen LogP contribution in [0.5, 0.6) is 0 Å². The summed E-state index contributed by atoms with van der Waals surface area (Å²) in [5.41, 5.74) is 0.993. The van der Waals surface area contributed by atoms with Crippen molar-refractivity contribution < 1.29 is 14.3 Å². The van der Waals surface area contributed by atoms with Crippen molar-refractivity contribution in [1.29, 1.82) is 0 Å². The minimum atomic E-state index is -0.471. The molecule has 1 aromatic heterocycles. The largest absolute Gasteiger partial charge is 0.465 e. The lowest BCUT2D eigenvalue weighted by Crippen LogP contribution is -2.49. The molecule has 144 valence electrons. The Bertz CT molecular complexity index is 705. The van der Waals surface area contributed by atoms with Gasteiger partial charge in [-0.3, -0.25) is 4.79 Å². The van der Waals surface area contributed by atoms with E-state index in [1.165, 1.54) is 29.8 Å². The Morgan fingerprint density at radius 1 is 1.27 bits per heavy atom. The van der Waals surface area contributed by atoms with E-state index in [9.17, 15) is 9.59 Å². The van der Waals surface area contributed by atoms with Crippen LogP contribution in [0.25, 0.3) is 0 Å². The molecule has 2 rings (SSSR count). The molecule has 2 atom stereocenters. The second kappa shape index (κ2) is 8.35. The summed E-state index contributed by atoms with van der Waals surface area (Å²) in [5.74, 6) is -0.613. The number of carbonyl (C=O) groups excluding carboxylic acids is 2. The maximum atomic E-state index is 12.4. The first kappa shape index (κ1) is 20.6. The van der Waals surface area contributed by atoms with Crippen molar-refractivity contribution in [2.75, 3.05) is 26.5 Å². The number of nitrogens with zero attached hydrogens (tertiary/aromatic N) is 2. The lowest BCUT2D eigenvalue weighted by Gasteiger charge is -2.40. The molecule has 0 saturated carbocycles. The van der Waals surface area contributed by atoms with Crippen LogP contribution in [-0.4, -0.2) is 60.1 Å². The molecule has 1 aliphatic rings. The summed E-state index contributed by atoms with van der Waals surface area (Å²) in [6.07, 6.45) is 3.36. The van der Waals surface area contributed by atoms with E-state index < -0.39 is 5.97 Å². The van der Waals surface area contributed by atoms with E-state index in [4.69, 9.17) is 17.0 Å². The Kier molecular flexibility index (Phi) is 6.63. The Morgan fingerprint density at radius 2 is 1.85 bits per heavy atom. The molecule has 1 aromatic rings. The van der Waals surface area contributed by atoms with E-state index in [0.29, 0.717) is 38.2 Å². The van der Waals surface area contributed by atoms with E-state index >= 15 is 0 Å². The molecule has 0 spiro atoms. The van der Waals surface area contributed by atoms with Crippen LogP contribution in [-0.2, 0) is 4.74 Å². The highest BCUT2D eigenvalue weighted by Crippen LogP contribution is 2.35. The first-order valence-corrected chi connectivity index (χ1v) is 9.94. The van der Waals surface area contributed by atoms with Crippen molar-refractivity contribution in [3.8, 4) is 0 Å². The molecule has 26 heavy (non-hydrogen) atoms. The lowest BCUT2D eigenvalue weighted by molar-refractivity contribution is 0.0601. The number of hydrogen-bond acceptors (Lipinski definition) is 5. The van der Waals surface area contributed by atoms with Crippen LogP contribution in [0.3, 0.4) is 0 Å². The number of methoxy groups -OCH3 is 1. The number of thiocarbonyl (C=S) groups is 1. The van der Waals surface area contributed by atoms with Gasteiger partial charge in [-0.25, -0.2) is 4.79 Å². The minimum absolute atomic E-state index is 0.142. The standard InChI is InChI=1S/C18H27N3O3S2/c1-10-8-7-9-11(2)21(10)18(25)19-15-13(17(23)24-6)12(3)14(26-15)16(22)20(4)5/h10-11H,7-9H2,1-6H3,(H,19,25)/t10-,11+. The predicted octanol–water partition coefficient (Wildman–Crippen LogP) is 3.50. The van der Waals surface area contributed by atoms with Crippen molar-refractivity contribution in [1.82, 2.24) is 9.80 Å². The summed E-state index contributed by atoms with van der Waals surface area (Å²) < 4.78 is 4.93. The third kappa shape index (κ3) is 4.01. The van der Waals surface area contributed by atoms with Crippen LogP contribution >= 0.6 is 23.6 Å². The van der Waals surface area contributed by atoms with E-state index in [-0.39, 0.29) is 5.91 Å². The monoisotopic (exact) mass is 397 g/mol. The Hall–Kier alpha value is -1.67. The highest BCUT2D eigenvalue weighted by Gasteiger charge is 2.30. The molecule has 1 fully saturated rings. The number of hydrogen-bond donors (Lipinski definition) is 1. The molecule has 0 unspecified atom stereocenters. The van der Waals surface area contributed by atoms with E-state index in [2.05, 4.69) is 24.1 Å². The van der Waals surface area contributed by atoms with E-state index in [1.807, 2.05) is 0 Å². The third-order valence-corrected chi connectivity index (χ3v) is 6.29. The van der Waals surface area contributed by atoms with Crippen LogP contribution in [0.2, 0.25) is 0 Å². The first-order chi connectivity index (χ1) is 12.2. The van der Waals surface area contributed by atoms with Gasteiger partial charge in [0.25, 0.3) is 5.91 Å². The number of ether oxygens (including phenoxy) is 1. The molecule has 2 heterocycles. The normalized spacial score (nSPS) is 19.8. The number of nitrogens with one attached hydrogen (secondary N) is 1. The van der Waals surface area contributed by atoms with E-state index in [0.717, 1.165) is 12.8 Å². The van der Waals surface area contributed by atoms with Gasteiger partial charge in [0.15, 0.2) is 5.11 Å². The lowest BCUT2D eigenvalue weighted by atomic mass is 9.98. The first-order valence-electron chi connectivity index (χ1n) is 8.71. The quantitative estimate of drug-likeness (QED) is 0.622. The molecule has 1 amide bonds. The average Bonchev–Trinajstić information content (AvgIpc) is 2.89. The highest BCUT2D eigenvalue weighted by molar-refractivity contribution is 7.80. The zero-order valence-electron chi connectivity index (χ0n) is 16.2. The number of anilines is 1. The molecule has 6 nitrogen and oxygen atoms in total. The number of thiophene rings is 1. The number of esters is 1. The summed E-state index contributed by atoms with van der Waals surface area (Å²) in [6, 6.07) is 0.675. The summed E-state index contributed by atoms with van der Waals surface area (Å²) in [6.45, 7) is 6.08. The fourth-order valence-electron chi connectivity index (χ4n) is 3.34. The molecule has 1 aliphatic heterocycles. The molecular formula is C18H27N3O3S2.